The number of carbonyl (C=O) groups excluding carboxylic acids is 1. The number of carboxylic acid groups (broad SMARTS) is 1. The van der Waals surface area contributed by atoms with E-state index in [0.29, 0.717) is 18.6 Å². The van der Waals surface area contributed by atoms with Gasteiger partial charge in [-0.2, -0.15) is 0 Å². The van der Waals surface area contributed by atoms with E-state index in [9.17, 15) is 9.59 Å². The molecule has 1 aliphatic heterocycles. The number of aromatic carboxylic acids is 1. The monoisotopic (exact) mass is 309 g/mol. The van der Waals surface area contributed by atoms with Crippen molar-refractivity contribution in [3.63, 3.8) is 0 Å². The Morgan fingerprint density at radius 2 is 2.00 bits per heavy atom. The Hall–Kier alpha value is -1.82. The van der Waals surface area contributed by atoms with Crippen molar-refractivity contribution >= 4 is 11.9 Å². The van der Waals surface area contributed by atoms with E-state index in [-0.39, 0.29) is 23.0 Å². The number of carboxylic acids is 1. The fourth-order valence-electron chi connectivity index (χ4n) is 3.00. The van der Waals surface area contributed by atoms with Crippen LogP contribution in [0.1, 0.15) is 67.7 Å². The lowest BCUT2D eigenvalue weighted by molar-refractivity contribution is -0.0693. The Morgan fingerprint density at radius 1 is 1.36 bits per heavy atom. The second-order valence-electron chi connectivity index (χ2n) is 6.80. The summed E-state index contributed by atoms with van der Waals surface area (Å²) in [6, 6.07) is 1.11. The van der Waals surface area contributed by atoms with Crippen LogP contribution in [-0.2, 0) is 11.2 Å². The first-order valence-corrected chi connectivity index (χ1v) is 7.43. The minimum atomic E-state index is -1.09. The number of carbonyl (C=O) groups is 2. The predicted molar refractivity (Wildman–Crippen MR) is 80.2 cm³/mol. The van der Waals surface area contributed by atoms with Gasteiger partial charge in [0.15, 0.2) is 5.76 Å². The first kappa shape index (κ1) is 16.5. The molecule has 1 atom stereocenters. The molecule has 1 aliphatic rings. The molecule has 0 aromatic carbocycles. The maximum Gasteiger partial charge on any atom is 0.339 e. The van der Waals surface area contributed by atoms with Gasteiger partial charge >= 0.3 is 5.97 Å². The number of aryl methyl sites for hydroxylation is 1. The van der Waals surface area contributed by atoms with E-state index >= 15 is 0 Å². The SMILES string of the molecule is CCc1oc(C(=O)NC2CC(C)(C)OC2(C)C)cc1C(=O)O. The van der Waals surface area contributed by atoms with Crippen molar-refractivity contribution in [3.05, 3.63) is 23.2 Å². The second-order valence-corrected chi connectivity index (χ2v) is 6.80. The van der Waals surface area contributed by atoms with Crippen LogP contribution in [0.25, 0.3) is 0 Å². The first-order valence-electron chi connectivity index (χ1n) is 7.43. The molecular formula is C16H23NO5. The Labute approximate surface area is 129 Å². The molecule has 0 aliphatic carbocycles. The third-order valence-corrected chi connectivity index (χ3v) is 3.96. The fraction of sp³-hybridized carbons (Fsp3) is 0.625. The van der Waals surface area contributed by atoms with Crippen molar-refractivity contribution in [1.82, 2.24) is 5.32 Å². The van der Waals surface area contributed by atoms with Crippen molar-refractivity contribution in [2.45, 2.75) is 64.7 Å². The van der Waals surface area contributed by atoms with Crippen LogP contribution in [0.4, 0.5) is 0 Å². The summed E-state index contributed by atoms with van der Waals surface area (Å²) in [7, 11) is 0. The molecule has 2 N–H and O–H groups in total. The minimum Gasteiger partial charge on any atom is -0.478 e. The van der Waals surface area contributed by atoms with E-state index in [1.807, 2.05) is 27.7 Å². The van der Waals surface area contributed by atoms with Crippen molar-refractivity contribution in [3.8, 4) is 0 Å². The molecule has 1 amide bonds. The van der Waals surface area contributed by atoms with Crippen LogP contribution in [0.5, 0.6) is 0 Å². The van der Waals surface area contributed by atoms with Gasteiger partial charge in [-0.15, -0.1) is 0 Å². The zero-order valence-electron chi connectivity index (χ0n) is 13.6. The number of hydrogen-bond donors (Lipinski definition) is 2. The van der Waals surface area contributed by atoms with E-state index in [1.165, 1.54) is 6.07 Å². The number of hydrogen-bond acceptors (Lipinski definition) is 4. The highest BCUT2D eigenvalue weighted by Gasteiger charge is 2.46. The summed E-state index contributed by atoms with van der Waals surface area (Å²) in [6.45, 7) is 9.59. The average molecular weight is 309 g/mol. The van der Waals surface area contributed by atoms with Gasteiger partial charge in [-0.3, -0.25) is 4.79 Å². The molecule has 0 saturated carbocycles. The van der Waals surface area contributed by atoms with Crippen molar-refractivity contribution in [2.24, 2.45) is 0 Å². The molecule has 1 unspecified atom stereocenters. The molecular weight excluding hydrogens is 286 g/mol. The maximum atomic E-state index is 12.4. The van der Waals surface area contributed by atoms with Gasteiger partial charge in [-0.1, -0.05) is 6.92 Å². The van der Waals surface area contributed by atoms with E-state index in [0.717, 1.165) is 0 Å². The molecule has 1 fully saturated rings. The van der Waals surface area contributed by atoms with Crippen molar-refractivity contribution in [2.75, 3.05) is 0 Å². The van der Waals surface area contributed by atoms with Gasteiger partial charge in [-0.25, -0.2) is 4.79 Å². The zero-order valence-corrected chi connectivity index (χ0v) is 13.6. The molecule has 2 rings (SSSR count). The average Bonchev–Trinajstić information content (AvgIpc) is 2.88. The third kappa shape index (κ3) is 3.16. The van der Waals surface area contributed by atoms with E-state index in [4.69, 9.17) is 14.3 Å². The van der Waals surface area contributed by atoms with Crippen molar-refractivity contribution in [1.29, 1.82) is 0 Å². The molecule has 2 heterocycles. The summed E-state index contributed by atoms with van der Waals surface area (Å²) in [5.74, 6) is -1.18. The Balaban J connectivity index is 2.18. The number of furan rings is 1. The molecule has 0 bridgehead atoms. The Morgan fingerprint density at radius 3 is 2.41 bits per heavy atom. The molecule has 1 saturated heterocycles. The first-order chi connectivity index (χ1) is 10.1. The number of ether oxygens (including phenoxy) is 1. The molecule has 1 aromatic rings. The third-order valence-electron chi connectivity index (χ3n) is 3.96. The van der Waals surface area contributed by atoms with Crippen LogP contribution in [0.2, 0.25) is 0 Å². The smallest absolute Gasteiger partial charge is 0.339 e. The Bertz CT molecular complexity index is 600. The highest BCUT2D eigenvalue weighted by atomic mass is 16.5. The van der Waals surface area contributed by atoms with Gasteiger partial charge in [0.2, 0.25) is 0 Å². The van der Waals surface area contributed by atoms with Gasteiger partial charge in [0.1, 0.15) is 11.3 Å². The highest BCUT2D eigenvalue weighted by Crippen LogP contribution is 2.37. The summed E-state index contributed by atoms with van der Waals surface area (Å²) in [5, 5.41) is 12.0. The lowest BCUT2D eigenvalue weighted by atomic mass is 9.94. The largest absolute Gasteiger partial charge is 0.478 e. The van der Waals surface area contributed by atoms with Crippen LogP contribution in [-0.4, -0.2) is 34.2 Å². The highest BCUT2D eigenvalue weighted by molar-refractivity contribution is 5.96. The number of nitrogens with one attached hydrogen (secondary N) is 1. The summed E-state index contributed by atoms with van der Waals surface area (Å²) in [6.07, 6.45) is 1.10. The lowest BCUT2D eigenvalue weighted by Gasteiger charge is -2.27. The van der Waals surface area contributed by atoms with E-state index in [1.54, 1.807) is 6.92 Å². The van der Waals surface area contributed by atoms with Crippen LogP contribution in [0, 0.1) is 0 Å². The molecule has 6 heteroatoms. The van der Waals surface area contributed by atoms with E-state index in [2.05, 4.69) is 5.32 Å². The van der Waals surface area contributed by atoms with Crippen LogP contribution < -0.4 is 5.32 Å². The van der Waals surface area contributed by atoms with Crippen molar-refractivity contribution < 1.29 is 23.8 Å². The van der Waals surface area contributed by atoms with Crippen LogP contribution in [0.15, 0.2) is 10.5 Å². The minimum absolute atomic E-state index is 0.0229. The maximum absolute atomic E-state index is 12.4. The molecule has 0 radical (unpaired) electrons. The fourth-order valence-corrected chi connectivity index (χ4v) is 3.00. The summed E-state index contributed by atoms with van der Waals surface area (Å²) >= 11 is 0. The van der Waals surface area contributed by atoms with Gasteiger partial charge in [0.25, 0.3) is 5.91 Å². The summed E-state index contributed by atoms with van der Waals surface area (Å²) in [5.41, 5.74) is -0.768. The van der Waals surface area contributed by atoms with Gasteiger partial charge in [-0.05, 0) is 34.1 Å². The topological polar surface area (TPSA) is 88.8 Å². The van der Waals surface area contributed by atoms with E-state index < -0.39 is 17.5 Å². The molecule has 6 nitrogen and oxygen atoms in total. The van der Waals surface area contributed by atoms with Gasteiger partial charge < -0.3 is 19.6 Å². The number of amides is 1. The van der Waals surface area contributed by atoms with Gasteiger partial charge in [0, 0.05) is 12.5 Å². The van der Waals surface area contributed by atoms with Crippen LogP contribution in [0.3, 0.4) is 0 Å². The molecule has 22 heavy (non-hydrogen) atoms. The lowest BCUT2D eigenvalue weighted by Crippen LogP contribution is -2.46. The normalized spacial score (nSPS) is 22.5. The van der Waals surface area contributed by atoms with Crippen LogP contribution >= 0.6 is 0 Å². The standard InChI is InChI=1S/C16H23NO5/c1-6-10-9(14(19)20)7-11(21-10)13(18)17-12-8-15(2,3)22-16(12,4)5/h7,12H,6,8H2,1-5H3,(H,17,18)(H,19,20). The quantitative estimate of drug-likeness (QED) is 0.892. The predicted octanol–water partition coefficient (Wildman–Crippen LogP) is 2.62. The Kier molecular flexibility index (Phi) is 4.08. The zero-order chi connectivity index (χ0) is 16.7. The number of rotatable bonds is 4. The summed E-state index contributed by atoms with van der Waals surface area (Å²) in [4.78, 5) is 23.5. The second kappa shape index (κ2) is 5.43. The molecule has 0 spiro atoms. The molecule has 122 valence electrons. The summed E-state index contributed by atoms with van der Waals surface area (Å²) < 4.78 is 11.3. The molecule has 1 aromatic heterocycles. The van der Waals surface area contributed by atoms with Gasteiger partial charge in [0.05, 0.1) is 17.2 Å².